The molecular formula is C33H36O4. The molecule has 4 nitrogen and oxygen atoms in total. The van der Waals surface area contributed by atoms with Crippen molar-refractivity contribution in [2.24, 2.45) is 0 Å². The molecule has 1 aliphatic carbocycles. The Morgan fingerprint density at radius 3 is 2.62 bits per heavy atom. The van der Waals surface area contributed by atoms with E-state index in [9.17, 15) is 4.79 Å². The van der Waals surface area contributed by atoms with Crippen molar-refractivity contribution in [2.45, 2.75) is 64.9 Å². The van der Waals surface area contributed by atoms with Gasteiger partial charge in [0.05, 0.1) is 26.1 Å². The molecule has 0 amide bonds. The first kappa shape index (κ1) is 26.4. The standard InChI is InChI=1S/C33H36O4/c1-5-7-19-36-31-17-9-23(3)20-29(31)27-11-10-25-14-18-32(30(25)21-27)37-28-15-12-24(13-16-28)26(8-6-2)22-33(34)35-4/h9-13,15-17,20-21,26,32H,5,7,14,18-19,22H2,1-4H3/t26-,32?/m0/s1. The fourth-order valence-corrected chi connectivity index (χ4v) is 4.80. The summed E-state index contributed by atoms with van der Waals surface area (Å²) in [7, 11) is 1.40. The van der Waals surface area contributed by atoms with E-state index in [0.29, 0.717) is 0 Å². The number of benzene rings is 3. The molecule has 1 unspecified atom stereocenters. The lowest BCUT2D eigenvalue weighted by molar-refractivity contribution is -0.140. The number of methoxy groups -OCH3 is 1. The molecule has 4 heteroatoms. The molecule has 0 spiro atoms. The lowest BCUT2D eigenvalue weighted by atomic mass is 9.96. The second-order valence-corrected chi connectivity index (χ2v) is 9.56. The van der Waals surface area contributed by atoms with Crippen molar-refractivity contribution in [1.29, 1.82) is 0 Å². The molecule has 0 heterocycles. The van der Waals surface area contributed by atoms with Crippen LogP contribution in [0.5, 0.6) is 11.5 Å². The van der Waals surface area contributed by atoms with Gasteiger partial charge in [0.1, 0.15) is 17.6 Å². The first-order chi connectivity index (χ1) is 18.0. The summed E-state index contributed by atoms with van der Waals surface area (Å²) in [5.74, 6) is 7.33. The lowest BCUT2D eigenvalue weighted by Crippen LogP contribution is -2.08. The van der Waals surface area contributed by atoms with Crippen LogP contribution in [0.25, 0.3) is 11.1 Å². The molecule has 0 saturated heterocycles. The third-order valence-corrected chi connectivity index (χ3v) is 6.85. The van der Waals surface area contributed by atoms with Crippen LogP contribution < -0.4 is 9.47 Å². The number of esters is 1. The van der Waals surface area contributed by atoms with Gasteiger partial charge in [-0.1, -0.05) is 55.2 Å². The van der Waals surface area contributed by atoms with Crippen molar-refractivity contribution in [1.82, 2.24) is 0 Å². The molecule has 3 aromatic carbocycles. The number of unbranched alkanes of at least 4 members (excludes halogenated alkanes) is 1. The quantitative estimate of drug-likeness (QED) is 0.165. The summed E-state index contributed by atoms with van der Waals surface area (Å²) in [6.07, 6.45) is 4.33. The zero-order chi connectivity index (χ0) is 26.2. The predicted molar refractivity (Wildman–Crippen MR) is 148 cm³/mol. The maximum absolute atomic E-state index is 11.8. The SMILES string of the molecule is CC#C[C@@H](CC(=O)OC)c1ccc(OC2CCc3ccc(-c4cc(C)ccc4OCCCC)cc32)cc1. The first-order valence-electron chi connectivity index (χ1n) is 13.1. The summed E-state index contributed by atoms with van der Waals surface area (Å²) in [4.78, 5) is 11.8. The molecule has 0 fully saturated rings. The van der Waals surface area contributed by atoms with E-state index >= 15 is 0 Å². The lowest BCUT2D eigenvalue weighted by Gasteiger charge is -2.18. The van der Waals surface area contributed by atoms with Gasteiger partial charge in [0.25, 0.3) is 0 Å². The van der Waals surface area contributed by atoms with E-state index in [1.807, 2.05) is 24.3 Å². The Bertz CT molecular complexity index is 1280. The molecule has 0 saturated carbocycles. The Balaban J connectivity index is 1.54. The number of hydrogen-bond donors (Lipinski definition) is 0. The minimum absolute atomic E-state index is 0.00336. The Hall–Kier alpha value is -3.71. The molecule has 0 bridgehead atoms. The highest BCUT2D eigenvalue weighted by molar-refractivity contribution is 5.73. The van der Waals surface area contributed by atoms with E-state index in [2.05, 4.69) is 62.1 Å². The average molecular weight is 497 g/mol. The predicted octanol–water partition coefficient (Wildman–Crippen LogP) is 7.58. The van der Waals surface area contributed by atoms with Crippen molar-refractivity contribution >= 4 is 5.97 Å². The van der Waals surface area contributed by atoms with Crippen molar-refractivity contribution in [3.05, 3.63) is 82.9 Å². The Labute approximate surface area is 221 Å². The van der Waals surface area contributed by atoms with E-state index in [0.717, 1.165) is 60.5 Å². The van der Waals surface area contributed by atoms with Gasteiger partial charge < -0.3 is 14.2 Å². The fourth-order valence-electron chi connectivity index (χ4n) is 4.80. The fraction of sp³-hybridized carbons (Fsp3) is 0.364. The number of hydrogen-bond acceptors (Lipinski definition) is 4. The second-order valence-electron chi connectivity index (χ2n) is 9.56. The molecule has 0 aromatic heterocycles. The molecule has 2 atom stereocenters. The number of ether oxygens (including phenoxy) is 3. The van der Waals surface area contributed by atoms with Crippen LogP contribution in [0.1, 0.15) is 73.8 Å². The van der Waals surface area contributed by atoms with Gasteiger partial charge in [0.15, 0.2) is 0 Å². The average Bonchev–Trinajstić information content (AvgIpc) is 3.31. The summed E-state index contributed by atoms with van der Waals surface area (Å²) < 4.78 is 17.4. The Morgan fingerprint density at radius 1 is 1.08 bits per heavy atom. The number of aryl methyl sites for hydroxylation is 2. The van der Waals surface area contributed by atoms with Gasteiger partial charge in [-0.15, -0.1) is 5.92 Å². The van der Waals surface area contributed by atoms with Crippen LogP contribution in [-0.4, -0.2) is 19.7 Å². The van der Waals surface area contributed by atoms with Crippen LogP contribution in [-0.2, 0) is 16.0 Å². The summed E-state index contributed by atoms with van der Waals surface area (Å²) in [6.45, 7) is 6.80. The highest BCUT2D eigenvalue weighted by Gasteiger charge is 2.25. The van der Waals surface area contributed by atoms with E-state index < -0.39 is 0 Å². The van der Waals surface area contributed by atoms with Crippen LogP contribution in [0.2, 0.25) is 0 Å². The molecule has 4 rings (SSSR count). The van der Waals surface area contributed by atoms with Crippen molar-refractivity contribution in [3.8, 4) is 34.5 Å². The van der Waals surface area contributed by atoms with E-state index in [1.54, 1.807) is 6.92 Å². The van der Waals surface area contributed by atoms with E-state index in [4.69, 9.17) is 14.2 Å². The normalized spacial score (nSPS) is 14.8. The topological polar surface area (TPSA) is 44.8 Å². The second kappa shape index (κ2) is 12.5. The molecule has 0 aliphatic heterocycles. The molecule has 0 N–H and O–H groups in total. The van der Waals surface area contributed by atoms with Gasteiger partial charge in [-0.3, -0.25) is 4.79 Å². The van der Waals surface area contributed by atoms with Gasteiger partial charge in [-0.05, 0) is 85.7 Å². The molecular weight excluding hydrogens is 460 g/mol. The van der Waals surface area contributed by atoms with Crippen LogP contribution in [0.15, 0.2) is 60.7 Å². The van der Waals surface area contributed by atoms with Crippen LogP contribution in [0.4, 0.5) is 0 Å². The number of carbonyl (C=O) groups is 1. The van der Waals surface area contributed by atoms with Gasteiger partial charge >= 0.3 is 5.97 Å². The van der Waals surface area contributed by atoms with Gasteiger partial charge in [0, 0.05) is 5.56 Å². The number of fused-ring (bicyclic) bond motifs is 1. The largest absolute Gasteiger partial charge is 0.493 e. The zero-order valence-corrected chi connectivity index (χ0v) is 22.3. The summed E-state index contributed by atoms with van der Waals surface area (Å²) in [5.41, 5.74) is 7.05. The van der Waals surface area contributed by atoms with Gasteiger partial charge in [0.2, 0.25) is 0 Å². The van der Waals surface area contributed by atoms with Gasteiger partial charge in [-0.2, -0.15) is 0 Å². The smallest absolute Gasteiger partial charge is 0.307 e. The van der Waals surface area contributed by atoms with Crippen LogP contribution in [0.3, 0.4) is 0 Å². The molecule has 3 aromatic rings. The summed E-state index contributed by atoms with van der Waals surface area (Å²) in [5, 5.41) is 0. The minimum Gasteiger partial charge on any atom is -0.493 e. The van der Waals surface area contributed by atoms with E-state index in [1.165, 1.54) is 23.8 Å². The molecule has 1 aliphatic rings. The number of rotatable bonds is 10. The third-order valence-electron chi connectivity index (χ3n) is 6.85. The summed E-state index contributed by atoms with van der Waals surface area (Å²) >= 11 is 0. The Morgan fingerprint density at radius 2 is 1.89 bits per heavy atom. The maximum Gasteiger partial charge on any atom is 0.307 e. The highest BCUT2D eigenvalue weighted by atomic mass is 16.5. The molecule has 37 heavy (non-hydrogen) atoms. The molecule has 0 radical (unpaired) electrons. The maximum atomic E-state index is 11.8. The van der Waals surface area contributed by atoms with Crippen molar-refractivity contribution < 1.29 is 19.0 Å². The summed E-state index contributed by atoms with van der Waals surface area (Å²) in [6, 6.07) is 21.0. The number of carbonyl (C=O) groups excluding carboxylic acids is 1. The van der Waals surface area contributed by atoms with Crippen LogP contribution >= 0.6 is 0 Å². The van der Waals surface area contributed by atoms with E-state index in [-0.39, 0.29) is 24.4 Å². The highest BCUT2D eigenvalue weighted by Crippen LogP contribution is 2.40. The first-order valence-corrected chi connectivity index (χ1v) is 13.1. The zero-order valence-electron chi connectivity index (χ0n) is 22.3. The van der Waals surface area contributed by atoms with Crippen molar-refractivity contribution in [2.75, 3.05) is 13.7 Å². The molecule has 192 valence electrons. The third kappa shape index (κ3) is 6.54. The monoisotopic (exact) mass is 496 g/mol. The Kier molecular flexibility index (Phi) is 8.90. The van der Waals surface area contributed by atoms with Crippen LogP contribution in [0, 0.1) is 18.8 Å². The van der Waals surface area contributed by atoms with Crippen molar-refractivity contribution in [3.63, 3.8) is 0 Å². The van der Waals surface area contributed by atoms with Gasteiger partial charge in [-0.25, -0.2) is 0 Å². The minimum atomic E-state index is -0.265.